The summed E-state index contributed by atoms with van der Waals surface area (Å²) < 4.78 is 0. The van der Waals surface area contributed by atoms with Gasteiger partial charge < -0.3 is 5.32 Å². The predicted molar refractivity (Wildman–Crippen MR) is 80.0 cm³/mol. The Kier molecular flexibility index (Phi) is 7.93. The maximum Gasteiger partial charge on any atom is 0.220 e. The number of alkyl halides is 1. The molecule has 0 spiro atoms. The molecule has 0 aromatic rings. The molecule has 0 aliphatic rings. The minimum Gasteiger partial charge on any atom is -0.355 e. The molecular weight excluding hydrogens is 246 g/mol. The van der Waals surface area contributed by atoms with Gasteiger partial charge in [-0.3, -0.25) is 4.79 Å². The highest BCUT2D eigenvalue weighted by Crippen LogP contribution is 2.27. The van der Waals surface area contributed by atoms with Gasteiger partial charge in [-0.2, -0.15) is 0 Å². The van der Waals surface area contributed by atoms with E-state index in [1.165, 1.54) is 0 Å². The van der Waals surface area contributed by atoms with E-state index in [1.807, 2.05) is 0 Å². The number of carbonyl (C=O) groups is 1. The molecule has 3 heteroatoms. The van der Waals surface area contributed by atoms with E-state index in [9.17, 15) is 4.79 Å². The van der Waals surface area contributed by atoms with Crippen molar-refractivity contribution < 1.29 is 4.79 Å². The van der Waals surface area contributed by atoms with Crippen LogP contribution in [0.25, 0.3) is 0 Å². The average Bonchev–Trinajstić information content (AvgIpc) is 2.26. The van der Waals surface area contributed by atoms with E-state index >= 15 is 0 Å². The smallest absolute Gasteiger partial charge is 0.220 e. The lowest BCUT2D eigenvalue weighted by Crippen LogP contribution is -2.35. The first kappa shape index (κ1) is 17.8. The zero-order valence-electron chi connectivity index (χ0n) is 12.8. The largest absolute Gasteiger partial charge is 0.355 e. The van der Waals surface area contributed by atoms with Crippen LogP contribution in [0.3, 0.4) is 0 Å². The van der Waals surface area contributed by atoms with Crippen LogP contribution in [-0.4, -0.2) is 17.8 Å². The summed E-state index contributed by atoms with van der Waals surface area (Å²) in [6, 6.07) is 0. The summed E-state index contributed by atoms with van der Waals surface area (Å²) in [5.41, 5.74) is 0.174. The molecule has 1 amide bonds. The second-order valence-corrected chi connectivity index (χ2v) is 6.93. The summed E-state index contributed by atoms with van der Waals surface area (Å²) in [6.07, 6.45) is 2.72. The SMILES string of the molecule is CCC(CC)C(Cl)CNC(=O)CC(C)C(C)(C)C. The lowest BCUT2D eigenvalue weighted by Gasteiger charge is -2.27. The number of amides is 1. The first-order valence-corrected chi connectivity index (χ1v) is 7.56. The van der Waals surface area contributed by atoms with Crippen LogP contribution in [0.2, 0.25) is 0 Å². The van der Waals surface area contributed by atoms with Gasteiger partial charge in [-0.1, -0.05) is 54.4 Å². The standard InChI is InChI=1S/C15H30ClNO/c1-7-12(8-2)13(16)10-17-14(18)9-11(3)15(4,5)6/h11-13H,7-10H2,1-6H3,(H,17,18). The van der Waals surface area contributed by atoms with Crippen LogP contribution in [0.1, 0.15) is 60.8 Å². The van der Waals surface area contributed by atoms with Crippen molar-refractivity contribution in [3.63, 3.8) is 0 Å². The first-order valence-electron chi connectivity index (χ1n) is 7.13. The Bertz CT molecular complexity index is 243. The monoisotopic (exact) mass is 275 g/mol. The maximum atomic E-state index is 11.8. The number of hydrogen-bond acceptors (Lipinski definition) is 1. The Labute approximate surface area is 118 Å². The molecule has 0 aromatic heterocycles. The Hall–Kier alpha value is -0.240. The van der Waals surface area contributed by atoms with E-state index in [0.29, 0.717) is 24.8 Å². The highest BCUT2D eigenvalue weighted by molar-refractivity contribution is 6.21. The minimum atomic E-state index is 0.0499. The molecule has 0 heterocycles. The van der Waals surface area contributed by atoms with Crippen LogP contribution < -0.4 is 5.32 Å². The number of rotatable bonds is 7. The van der Waals surface area contributed by atoms with Crippen molar-refractivity contribution >= 4 is 17.5 Å². The van der Waals surface area contributed by atoms with Crippen LogP contribution in [0.4, 0.5) is 0 Å². The van der Waals surface area contributed by atoms with Crippen molar-refractivity contribution in [2.75, 3.05) is 6.54 Å². The molecule has 0 saturated heterocycles. The van der Waals surface area contributed by atoms with E-state index in [0.717, 1.165) is 12.8 Å². The van der Waals surface area contributed by atoms with Gasteiger partial charge in [0.15, 0.2) is 0 Å². The molecule has 1 N–H and O–H groups in total. The molecule has 0 aliphatic carbocycles. The van der Waals surface area contributed by atoms with Crippen LogP contribution >= 0.6 is 11.6 Å². The molecule has 0 radical (unpaired) electrons. The minimum absolute atomic E-state index is 0.0499. The van der Waals surface area contributed by atoms with E-state index in [2.05, 4.69) is 46.9 Å². The van der Waals surface area contributed by atoms with Gasteiger partial charge in [0, 0.05) is 13.0 Å². The molecule has 2 unspecified atom stereocenters. The van der Waals surface area contributed by atoms with Crippen LogP contribution in [0.15, 0.2) is 0 Å². The fourth-order valence-electron chi connectivity index (χ4n) is 1.83. The Morgan fingerprint density at radius 3 is 2.11 bits per heavy atom. The van der Waals surface area contributed by atoms with Crippen molar-refractivity contribution in [2.24, 2.45) is 17.3 Å². The van der Waals surface area contributed by atoms with E-state index < -0.39 is 0 Å². The van der Waals surface area contributed by atoms with Gasteiger partial charge in [0.25, 0.3) is 0 Å². The fraction of sp³-hybridized carbons (Fsp3) is 0.933. The molecule has 18 heavy (non-hydrogen) atoms. The quantitative estimate of drug-likeness (QED) is 0.693. The zero-order chi connectivity index (χ0) is 14.3. The third-order valence-electron chi connectivity index (χ3n) is 4.02. The van der Waals surface area contributed by atoms with Gasteiger partial charge >= 0.3 is 0 Å². The number of halogens is 1. The van der Waals surface area contributed by atoms with Gasteiger partial charge in [0.1, 0.15) is 0 Å². The van der Waals surface area contributed by atoms with Gasteiger partial charge in [0.05, 0.1) is 5.38 Å². The van der Waals surface area contributed by atoms with E-state index in [-0.39, 0.29) is 16.7 Å². The Morgan fingerprint density at radius 2 is 1.72 bits per heavy atom. The van der Waals surface area contributed by atoms with Crippen molar-refractivity contribution in [3.05, 3.63) is 0 Å². The highest BCUT2D eigenvalue weighted by atomic mass is 35.5. The lowest BCUT2D eigenvalue weighted by molar-refractivity contribution is -0.122. The summed E-state index contributed by atoms with van der Waals surface area (Å²) in [6.45, 7) is 13.5. The van der Waals surface area contributed by atoms with Crippen molar-refractivity contribution in [3.8, 4) is 0 Å². The van der Waals surface area contributed by atoms with E-state index in [4.69, 9.17) is 11.6 Å². The first-order chi connectivity index (χ1) is 8.22. The molecular formula is C15H30ClNO. The van der Waals surface area contributed by atoms with Crippen molar-refractivity contribution in [1.82, 2.24) is 5.32 Å². The molecule has 0 bridgehead atoms. The number of hydrogen-bond donors (Lipinski definition) is 1. The van der Waals surface area contributed by atoms with Crippen LogP contribution in [0.5, 0.6) is 0 Å². The molecule has 0 aliphatic heterocycles. The second kappa shape index (κ2) is 8.04. The van der Waals surface area contributed by atoms with Gasteiger partial charge in [-0.05, 0) is 17.3 Å². The van der Waals surface area contributed by atoms with Gasteiger partial charge in [-0.15, -0.1) is 11.6 Å². The van der Waals surface area contributed by atoms with Gasteiger partial charge in [-0.25, -0.2) is 0 Å². The maximum absolute atomic E-state index is 11.8. The summed E-state index contributed by atoms with van der Waals surface area (Å²) in [7, 11) is 0. The molecule has 2 atom stereocenters. The lowest BCUT2D eigenvalue weighted by atomic mass is 9.80. The topological polar surface area (TPSA) is 29.1 Å². The molecule has 0 saturated carbocycles. The Balaban J connectivity index is 4.04. The highest BCUT2D eigenvalue weighted by Gasteiger charge is 2.23. The molecule has 0 aromatic carbocycles. The molecule has 108 valence electrons. The summed E-state index contributed by atoms with van der Waals surface area (Å²) in [4.78, 5) is 11.8. The third-order valence-corrected chi connectivity index (χ3v) is 4.54. The molecule has 0 rings (SSSR count). The summed E-state index contributed by atoms with van der Waals surface area (Å²) in [5, 5.41) is 3.01. The summed E-state index contributed by atoms with van der Waals surface area (Å²) >= 11 is 6.30. The molecule has 2 nitrogen and oxygen atoms in total. The summed E-state index contributed by atoms with van der Waals surface area (Å²) in [5.74, 6) is 0.987. The fourth-order valence-corrected chi connectivity index (χ4v) is 2.27. The van der Waals surface area contributed by atoms with E-state index in [1.54, 1.807) is 0 Å². The number of nitrogens with one attached hydrogen (secondary N) is 1. The predicted octanol–water partition coefficient (Wildman–Crippen LogP) is 4.22. The number of carbonyl (C=O) groups excluding carboxylic acids is 1. The Morgan fingerprint density at radius 1 is 1.22 bits per heavy atom. The average molecular weight is 276 g/mol. The molecule has 0 fully saturated rings. The van der Waals surface area contributed by atoms with Crippen LogP contribution in [-0.2, 0) is 4.79 Å². The second-order valence-electron chi connectivity index (χ2n) is 6.37. The van der Waals surface area contributed by atoms with Gasteiger partial charge in [0.2, 0.25) is 5.91 Å². The third kappa shape index (κ3) is 6.63. The van der Waals surface area contributed by atoms with Crippen LogP contribution in [0, 0.1) is 17.3 Å². The normalized spacial score (nSPS) is 15.6. The van der Waals surface area contributed by atoms with Crippen molar-refractivity contribution in [1.29, 1.82) is 0 Å². The zero-order valence-corrected chi connectivity index (χ0v) is 13.6. The van der Waals surface area contributed by atoms with Crippen molar-refractivity contribution in [2.45, 2.75) is 66.2 Å².